The molecule has 1 aliphatic rings. The molecule has 1 aliphatic heterocycles. The lowest BCUT2D eigenvalue weighted by Crippen LogP contribution is -2.43. The first-order chi connectivity index (χ1) is 9.24. The first kappa shape index (κ1) is 12.6. The molecule has 1 fully saturated rings. The van der Waals surface area contributed by atoms with Crippen LogP contribution in [0.5, 0.6) is 0 Å². The second-order valence-corrected chi connectivity index (χ2v) is 5.55. The summed E-state index contributed by atoms with van der Waals surface area (Å²) in [6.07, 6.45) is 0. The van der Waals surface area contributed by atoms with Gasteiger partial charge in [-0.25, -0.2) is 9.37 Å². The third-order valence-electron chi connectivity index (χ3n) is 3.33. The lowest BCUT2D eigenvalue weighted by atomic mass is 10.1. The van der Waals surface area contributed by atoms with E-state index >= 15 is 0 Å². The lowest BCUT2D eigenvalue weighted by Gasteiger charge is -2.26. The number of thiazole rings is 1. The number of benzene rings is 1. The molecule has 100 valence electrons. The van der Waals surface area contributed by atoms with E-state index in [0.717, 1.165) is 42.6 Å². The van der Waals surface area contributed by atoms with Crippen molar-refractivity contribution in [2.24, 2.45) is 0 Å². The van der Waals surface area contributed by atoms with Crippen molar-refractivity contribution in [2.75, 3.05) is 31.1 Å². The number of halogens is 1. The average molecular weight is 277 g/mol. The first-order valence-corrected chi connectivity index (χ1v) is 7.30. The predicted octanol–water partition coefficient (Wildman–Crippen LogP) is 2.67. The molecular formula is C14H16FN3S. The zero-order valence-electron chi connectivity index (χ0n) is 10.8. The molecule has 1 aromatic carbocycles. The van der Waals surface area contributed by atoms with Gasteiger partial charge in [-0.15, -0.1) is 11.3 Å². The van der Waals surface area contributed by atoms with E-state index in [-0.39, 0.29) is 5.82 Å². The van der Waals surface area contributed by atoms with Crippen molar-refractivity contribution in [3.05, 3.63) is 35.0 Å². The topological polar surface area (TPSA) is 28.2 Å². The normalized spacial score (nSPS) is 15.8. The highest BCUT2D eigenvalue weighted by molar-refractivity contribution is 7.14. The summed E-state index contributed by atoms with van der Waals surface area (Å²) in [5, 5.41) is 6.43. The minimum atomic E-state index is -0.165. The van der Waals surface area contributed by atoms with Gasteiger partial charge in [0, 0.05) is 37.1 Å². The zero-order chi connectivity index (χ0) is 13.2. The van der Waals surface area contributed by atoms with E-state index in [4.69, 9.17) is 0 Å². The summed E-state index contributed by atoms with van der Waals surface area (Å²) in [5.41, 5.74) is 2.58. The van der Waals surface area contributed by atoms with Crippen LogP contribution in [0.25, 0.3) is 11.3 Å². The van der Waals surface area contributed by atoms with Crippen LogP contribution in [-0.4, -0.2) is 31.2 Å². The van der Waals surface area contributed by atoms with E-state index < -0.39 is 0 Å². The summed E-state index contributed by atoms with van der Waals surface area (Å²) >= 11 is 1.65. The standard InChI is InChI=1S/C14H16FN3S/c1-10-8-11(2-3-12(10)15)13-9-19-14(17-13)18-6-4-16-5-7-18/h2-3,8-9,16H,4-7H2,1H3. The number of hydrogen-bond acceptors (Lipinski definition) is 4. The van der Waals surface area contributed by atoms with E-state index in [2.05, 4.69) is 15.2 Å². The van der Waals surface area contributed by atoms with Crippen LogP contribution < -0.4 is 10.2 Å². The molecule has 2 heterocycles. The molecule has 0 saturated carbocycles. The maximum absolute atomic E-state index is 13.3. The molecule has 0 unspecified atom stereocenters. The van der Waals surface area contributed by atoms with Gasteiger partial charge in [-0.2, -0.15) is 0 Å². The number of piperazine rings is 1. The van der Waals surface area contributed by atoms with Gasteiger partial charge >= 0.3 is 0 Å². The molecule has 0 aliphatic carbocycles. The monoisotopic (exact) mass is 277 g/mol. The molecule has 0 radical (unpaired) electrons. The van der Waals surface area contributed by atoms with Crippen LogP contribution >= 0.6 is 11.3 Å². The highest BCUT2D eigenvalue weighted by Crippen LogP contribution is 2.28. The number of rotatable bonds is 2. The summed E-state index contributed by atoms with van der Waals surface area (Å²) < 4.78 is 13.3. The minimum absolute atomic E-state index is 0.165. The van der Waals surface area contributed by atoms with Crippen LogP contribution in [0, 0.1) is 12.7 Å². The Hall–Kier alpha value is -1.46. The van der Waals surface area contributed by atoms with Gasteiger partial charge in [-0.05, 0) is 30.7 Å². The molecule has 1 saturated heterocycles. The Kier molecular flexibility index (Phi) is 3.48. The SMILES string of the molecule is Cc1cc(-c2csc(N3CCNCC3)n2)ccc1F. The molecule has 1 N–H and O–H groups in total. The second-order valence-electron chi connectivity index (χ2n) is 4.72. The van der Waals surface area contributed by atoms with Crippen molar-refractivity contribution < 1.29 is 4.39 Å². The third-order valence-corrected chi connectivity index (χ3v) is 4.23. The molecule has 0 spiro atoms. The van der Waals surface area contributed by atoms with Gasteiger partial charge in [0.1, 0.15) is 5.82 Å². The van der Waals surface area contributed by atoms with Gasteiger partial charge in [0.25, 0.3) is 0 Å². The first-order valence-electron chi connectivity index (χ1n) is 6.42. The molecule has 0 bridgehead atoms. The Labute approximate surface area is 116 Å². The molecule has 5 heteroatoms. The van der Waals surface area contributed by atoms with Gasteiger partial charge in [-0.3, -0.25) is 0 Å². The Morgan fingerprint density at radius 2 is 2.11 bits per heavy atom. The summed E-state index contributed by atoms with van der Waals surface area (Å²) in [6, 6.07) is 5.15. The fraction of sp³-hybridized carbons (Fsp3) is 0.357. The van der Waals surface area contributed by atoms with E-state index in [1.54, 1.807) is 24.3 Å². The molecule has 19 heavy (non-hydrogen) atoms. The van der Waals surface area contributed by atoms with Gasteiger partial charge < -0.3 is 10.2 Å². The van der Waals surface area contributed by atoms with Crippen LogP contribution in [0.2, 0.25) is 0 Å². The van der Waals surface area contributed by atoms with Crippen LogP contribution in [0.15, 0.2) is 23.6 Å². The highest BCUT2D eigenvalue weighted by Gasteiger charge is 2.14. The molecule has 2 aromatic rings. The van der Waals surface area contributed by atoms with Gasteiger partial charge in [0.2, 0.25) is 0 Å². The zero-order valence-corrected chi connectivity index (χ0v) is 11.6. The van der Waals surface area contributed by atoms with E-state index in [1.807, 2.05) is 11.4 Å². The number of hydrogen-bond donors (Lipinski definition) is 1. The number of nitrogens with zero attached hydrogens (tertiary/aromatic N) is 2. The fourth-order valence-electron chi connectivity index (χ4n) is 2.20. The smallest absolute Gasteiger partial charge is 0.185 e. The van der Waals surface area contributed by atoms with Crippen molar-refractivity contribution in [1.82, 2.24) is 10.3 Å². The summed E-state index contributed by atoms with van der Waals surface area (Å²) in [5.74, 6) is -0.165. The molecule has 3 nitrogen and oxygen atoms in total. The number of aryl methyl sites for hydroxylation is 1. The minimum Gasteiger partial charge on any atom is -0.346 e. The number of aromatic nitrogens is 1. The van der Waals surface area contributed by atoms with Crippen LogP contribution in [0.3, 0.4) is 0 Å². The lowest BCUT2D eigenvalue weighted by molar-refractivity contribution is 0.588. The molecule has 0 amide bonds. The van der Waals surface area contributed by atoms with Gasteiger partial charge in [0.15, 0.2) is 5.13 Å². The van der Waals surface area contributed by atoms with Crippen LogP contribution in [0.1, 0.15) is 5.56 Å². The second kappa shape index (κ2) is 5.27. The molecule has 3 rings (SSSR count). The number of nitrogens with one attached hydrogen (secondary N) is 1. The Bertz CT molecular complexity index is 576. The van der Waals surface area contributed by atoms with Crippen LogP contribution in [0.4, 0.5) is 9.52 Å². The summed E-state index contributed by atoms with van der Waals surface area (Å²) in [7, 11) is 0. The quantitative estimate of drug-likeness (QED) is 0.914. The van der Waals surface area contributed by atoms with Crippen LogP contribution in [-0.2, 0) is 0 Å². The summed E-state index contributed by atoms with van der Waals surface area (Å²) in [4.78, 5) is 6.96. The molecule has 1 aromatic heterocycles. The van der Waals surface area contributed by atoms with Gasteiger partial charge in [0.05, 0.1) is 5.69 Å². The van der Waals surface area contributed by atoms with E-state index in [9.17, 15) is 4.39 Å². The highest BCUT2D eigenvalue weighted by atomic mass is 32.1. The summed E-state index contributed by atoms with van der Waals surface area (Å²) in [6.45, 7) is 5.78. The predicted molar refractivity (Wildman–Crippen MR) is 77.3 cm³/mol. The Balaban J connectivity index is 1.85. The van der Waals surface area contributed by atoms with E-state index in [0.29, 0.717) is 5.56 Å². The van der Waals surface area contributed by atoms with Crippen molar-refractivity contribution in [2.45, 2.75) is 6.92 Å². The van der Waals surface area contributed by atoms with Gasteiger partial charge in [-0.1, -0.05) is 0 Å². The maximum Gasteiger partial charge on any atom is 0.185 e. The maximum atomic E-state index is 13.3. The average Bonchev–Trinajstić information content (AvgIpc) is 2.93. The van der Waals surface area contributed by atoms with Crippen molar-refractivity contribution in [1.29, 1.82) is 0 Å². The largest absolute Gasteiger partial charge is 0.346 e. The fourth-order valence-corrected chi connectivity index (χ4v) is 3.09. The van der Waals surface area contributed by atoms with Crippen molar-refractivity contribution in [3.8, 4) is 11.3 Å². The van der Waals surface area contributed by atoms with Crippen molar-refractivity contribution in [3.63, 3.8) is 0 Å². The van der Waals surface area contributed by atoms with Crippen molar-refractivity contribution >= 4 is 16.5 Å². The van der Waals surface area contributed by atoms with E-state index in [1.165, 1.54) is 6.07 Å². The molecule has 0 atom stereocenters. The third kappa shape index (κ3) is 2.62. The molecular weight excluding hydrogens is 261 g/mol. The number of anilines is 1. The Morgan fingerprint density at radius 3 is 2.84 bits per heavy atom. The Morgan fingerprint density at radius 1 is 1.32 bits per heavy atom.